The molecule has 0 fully saturated rings. The molecule has 0 unspecified atom stereocenters. The number of nitrogens with zero attached hydrogens (tertiary/aromatic N) is 2. The van der Waals surface area contributed by atoms with Crippen molar-refractivity contribution in [3.63, 3.8) is 0 Å². The van der Waals surface area contributed by atoms with Crippen molar-refractivity contribution < 1.29 is 18.1 Å². The molecule has 176 valence electrons. The van der Waals surface area contributed by atoms with Gasteiger partial charge < -0.3 is 0 Å². The van der Waals surface area contributed by atoms with Gasteiger partial charge in [-0.1, -0.05) is 62.4 Å². The number of fused-ring (bicyclic) bond motifs is 3. The van der Waals surface area contributed by atoms with Gasteiger partial charge in [-0.2, -0.15) is 13.2 Å². The van der Waals surface area contributed by atoms with Crippen LogP contribution in [0.15, 0.2) is 91.0 Å². The van der Waals surface area contributed by atoms with E-state index >= 15 is 0 Å². The third-order valence-corrected chi connectivity index (χ3v) is 5.57. The van der Waals surface area contributed by atoms with Gasteiger partial charge in [0.1, 0.15) is 0 Å². The topological polar surface area (TPSA) is 56.0 Å². The number of halogens is 3. The number of hydrogen-bond donors (Lipinski definition) is 0. The maximum absolute atomic E-state index is 13.7. The van der Waals surface area contributed by atoms with Gasteiger partial charge in [-0.25, -0.2) is 4.98 Å². The van der Waals surface area contributed by atoms with E-state index in [-0.39, 0.29) is 17.1 Å². The Labute approximate surface area is 199 Å². The fourth-order valence-electron chi connectivity index (χ4n) is 3.92. The van der Waals surface area contributed by atoms with Crippen LogP contribution in [0.5, 0.6) is 0 Å². The first-order valence-corrected chi connectivity index (χ1v) is 11.1. The van der Waals surface area contributed by atoms with E-state index in [1.54, 1.807) is 6.07 Å². The van der Waals surface area contributed by atoms with Crippen molar-refractivity contribution in [1.29, 1.82) is 0 Å². The van der Waals surface area contributed by atoms with E-state index < -0.39 is 16.7 Å². The van der Waals surface area contributed by atoms with Gasteiger partial charge in [0, 0.05) is 23.3 Å². The molecule has 0 aliphatic carbocycles. The molecular formula is C28H21F3N2O2. The average molecular weight is 474 g/mol. The molecule has 0 radical (unpaired) electrons. The highest BCUT2D eigenvalue weighted by molar-refractivity contribution is 6.08. The van der Waals surface area contributed by atoms with Crippen LogP contribution in [-0.2, 0) is 6.18 Å². The number of hydrogen-bond acceptors (Lipinski definition) is 3. The lowest BCUT2D eigenvalue weighted by atomic mass is 9.98. The number of non-ortho nitro benzene ring substituents is 1. The van der Waals surface area contributed by atoms with E-state index in [4.69, 9.17) is 0 Å². The Morgan fingerprint density at radius 2 is 1.29 bits per heavy atom. The second kappa shape index (κ2) is 9.54. The zero-order chi connectivity index (χ0) is 25.2. The monoisotopic (exact) mass is 474 g/mol. The van der Waals surface area contributed by atoms with Crippen molar-refractivity contribution >= 4 is 27.2 Å². The predicted octanol–water partition coefficient (Wildman–Crippen LogP) is 8.68. The summed E-state index contributed by atoms with van der Waals surface area (Å²) in [5, 5.41) is 14.9. The Morgan fingerprint density at radius 3 is 1.94 bits per heavy atom. The minimum Gasteiger partial charge on any atom is -0.258 e. The van der Waals surface area contributed by atoms with E-state index in [0.717, 1.165) is 33.7 Å². The molecule has 5 rings (SSSR count). The molecule has 0 saturated heterocycles. The first-order chi connectivity index (χ1) is 16.8. The van der Waals surface area contributed by atoms with Crippen LogP contribution in [0.3, 0.4) is 0 Å². The SMILES string of the molecule is CC.O=[N+]([O-])c1ccc(-c2cc(C(F)(F)F)cc(-c3ccc4c(ccc5ccccc54)c3)n2)cc1. The number of rotatable bonds is 3. The largest absolute Gasteiger partial charge is 0.416 e. The molecule has 0 bridgehead atoms. The summed E-state index contributed by atoms with van der Waals surface area (Å²) >= 11 is 0. The molecule has 7 heteroatoms. The van der Waals surface area contributed by atoms with Crippen LogP contribution in [0.4, 0.5) is 18.9 Å². The van der Waals surface area contributed by atoms with Crippen LogP contribution in [0, 0.1) is 10.1 Å². The number of nitro benzene ring substituents is 1. The quantitative estimate of drug-likeness (QED) is 0.149. The molecule has 1 aromatic heterocycles. The molecule has 0 aliphatic heterocycles. The van der Waals surface area contributed by atoms with Crippen molar-refractivity contribution in [2.45, 2.75) is 20.0 Å². The highest BCUT2D eigenvalue weighted by Crippen LogP contribution is 2.36. The van der Waals surface area contributed by atoms with Crippen molar-refractivity contribution in [3.05, 3.63) is 107 Å². The minimum atomic E-state index is -4.57. The zero-order valence-electron chi connectivity index (χ0n) is 19.0. The van der Waals surface area contributed by atoms with E-state index in [1.807, 2.05) is 62.4 Å². The summed E-state index contributed by atoms with van der Waals surface area (Å²) in [7, 11) is 0. The van der Waals surface area contributed by atoms with Crippen molar-refractivity contribution in [3.8, 4) is 22.5 Å². The van der Waals surface area contributed by atoms with E-state index in [0.29, 0.717) is 11.1 Å². The van der Waals surface area contributed by atoms with Crippen LogP contribution >= 0.6 is 0 Å². The fraction of sp³-hybridized carbons (Fsp3) is 0.107. The summed E-state index contributed by atoms with van der Waals surface area (Å²) in [5.41, 5.74) is 0.195. The van der Waals surface area contributed by atoms with Crippen molar-refractivity contribution in [1.82, 2.24) is 4.98 Å². The number of benzene rings is 4. The van der Waals surface area contributed by atoms with Crippen LogP contribution in [0.1, 0.15) is 19.4 Å². The third-order valence-electron chi connectivity index (χ3n) is 5.57. The Balaban J connectivity index is 0.00000141. The standard InChI is InChI=1S/C26H15F3N2O2.C2H6/c27-26(28,29)20-14-24(17-7-10-21(11-8-17)31(32)33)30-25(15-20)19-9-12-23-18(13-19)6-5-16-3-1-2-4-22(16)23;1-2/h1-15H;1-2H3. The van der Waals surface area contributed by atoms with Crippen LogP contribution in [0.25, 0.3) is 44.1 Å². The average Bonchev–Trinajstić information content (AvgIpc) is 2.88. The molecule has 0 amide bonds. The Kier molecular flexibility index (Phi) is 6.51. The van der Waals surface area contributed by atoms with Crippen LogP contribution in [-0.4, -0.2) is 9.91 Å². The van der Waals surface area contributed by atoms with E-state index in [2.05, 4.69) is 4.98 Å². The van der Waals surface area contributed by atoms with Gasteiger partial charge in [0.25, 0.3) is 5.69 Å². The number of nitro groups is 1. The summed E-state index contributed by atoms with van der Waals surface area (Å²) in [6.07, 6.45) is -4.57. The minimum absolute atomic E-state index is 0.0910. The Morgan fingerprint density at radius 1 is 0.714 bits per heavy atom. The molecule has 0 atom stereocenters. The summed E-state index contributed by atoms with van der Waals surface area (Å²) in [4.78, 5) is 14.8. The second-order valence-electron chi connectivity index (χ2n) is 7.65. The molecule has 35 heavy (non-hydrogen) atoms. The molecular weight excluding hydrogens is 453 g/mol. The van der Waals surface area contributed by atoms with Gasteiger partial charge in [-0.3, -0.25) is 10.1 Å². The normalized spacial score (nSPS) is 11.2. The summed E-state index contributed by atoms with van der Waals surface area (Å²) in [5.74, 6) is 0. The number of pyridine rings is 1. The lowest BCUT2D eigenvalue weighted by molar-refractivity contribution is -0.384. The highest BCUT2D eigenvalue weighted by atomic mass is 19.4. The van der Waals surface area contributed by atoms with E-state index in [1.165, 1.54) is 24.3 Å². The molecule has 5 aromatic rings. The van der Waals surface area contributed by atoms with Gasteiger partial charge in [0.15, 0.2) is 0 Å². The lowest BCUT2D eigenvalue weighted by Gasteiger charge is -2.13. The molecule has 0 spiro atoms. The molecule has 0 aliphatic rings. The van der Waals surface area contributed by atoms with Gasteiger partial charge in [-0.05, 0) is 51.9 Å². The van der Waals surface area contributed by atoms with Crippen molar-refractivity contribution in [2.24, 2.45) is 0 Å². The van der Waals surface area contributed by atoms with Gasteiger partial charge in [-0.15, -0.1) is 0 Å². The zero-order valence-corrected chi connectivity index (χ0v) is 19.0. The van der Waals surface area contributed by atoms with Gasteiger partial charge >= 0.3 is 6.18 Å². The van der Waals surface area contributed by atoms with Crippen molar-refractivity contribution in [2.75, 3.05) is 0 Å². The highest BCUT2D eigenvalue weighted by Gasteiger charge is 2.32. The first kappa shape index (κ1) is 23.9. The van der Waals surface area contributed by atoms with Gasteiger partial charge in [0.05, 0.1) is 21.9 Å². The van der Waals surface area contributed by atoms with Gasteiger partial charge in [0.2, 0.25) is 0 Å². The molecule has 4 aromatic carbocycles. The number of aromatic nitrogens is 1. The fourth-order valence-corrected chi connectivity index (χ4v) is 3.92. The van der Waals surface area contributed by atoms with Crippen LogP contribution < -0.4 is 0 Å². The maximum Gasteiger partial charge on any atom is 0.416 e. The maximum atomic E-state index is 13.7. The molecule has 0 N–H and O–H groups in total. The molecule has 4 nitrogen and oxygen atoms in total. The number of alkyl halides is 3. The summed E-state index contributed by atoms with van der Waals surface area (Å²) in [6.45, 7) is 4.00. The predicted molar refractivity (Wildman–Crippen MR) is 133 cm³/mol. The first-order valence-electron chi connectivity index (χ1n) is 11.1. The van der Waals surface area contributed by atoms with Crippen LogP contribution in [0.2, 0.25) is 0 Å². The smallest absolute Gasteiger partial charge is 0.258 e. The Hall–Kier alpha value is -4.26. The molecule has 1 heterocycles. The summed E-state index contributed by atoms with van der Waals surface area (Å²) < 4.78 is 41.0. The Bertz CT molecular complexity index is 1530. The second-order valence-corrected chi connectivity index (χ2v) is 7.65. The third kappa shape index (κ3) is 4.84. The molecule has 0 saturated carbocycles. The van der Waals surface area contributed by atoms with E-state index in [9.17, 15) is 23.3 Å². The lowest BCUT2D eigenvalue weighted by Crippen LogP contribution is -2.06. The summed E-state index contributed by atoms with van der Waals surface area (Å²) in [6, 6.07) is 24.6.